The largest absolute Gasteiger partial charge is 0.481 e. The van der Waals surface area contributed by atoms with Crippen LogP contribution >= 0.6 is 0 Å². The van der Waals surface area contributed by atoms with Crippen molar-refractivity contribution in [1.82, 2.24) is 10.6 Å². The molecular formula is C28H32N2O5. The van der Waals surface area contributed by atoms with Gasteiger partial charge in [0.05, 0.1) is 5.92 Å². The maximum atomic E-state index is 12.4. The molecule has 2 fully saturated rings. The lowest BCUT2D eigenvalue weighted by molar-refractivity contribution is -0.141. The van der Waals surface area contributed by atoms with E-state index in [2.05, 4.69) is 34.9 Å². The van der Waals surface area contributed by atoms with Crippen LogP contribution in [-0.2, 0) is 14.3 Å². The van der Waals surface area contributed by atoms with E-state index in [4.69, 9.17) is 4.74 Å². The Morgan fingerprint density at radius 1 is 1.00 bits per heavy atom. The maximum Gasteiger partial charge on any atom is 0.407 e. The molecule has 0 spiro atoms. The van der Waals surface area contributed by atoms with Crippen LogP contribution in [0.1, 0.15) is 56.1 Å². The van der Waals surface area contributed by atoms with Crippen molar-refractivity contribution in [3.63, 3.8) is 0 Å². The molecular weight excluding hydrogens is 444 g/mol. The molecule has 2 aromatic carbocycles. The molecule has 5 rings (SSSR count). The highest BCUT2D eigenvalue weighted by atomic mass is 16.5. The van der Waals surface area contributed by atoms with Crippen LogP contribution in [0.4, 0.5) is 4.79 Å². The third-order valence-corrected chi connectivity index (χ3v) is 8.03. The Bertz CT molecular complexity index is 1090. The number of carbonyl (C=O) groups excluding carboxylic acids is 2. The molecule has 2 amide bonds. The minimum Gasteiger partial charge on any atom is -0.481 e. The number of aliphatic carboxylic acids is 1. The molecule has 0 saturated heterocycles. The number of carboxylic acids is 1. The number of fused-ring (bicyclic) bond motifs is 4. The zero-order chi connectivity index (χ0) is 24.5. The van der Waals surface area contributed by atoms with E-state index in [0.717, 1.165) is 12.8 Å². The molecule has 3 N–H and O–H groups in total. The zero-order valence-corrected chi connectivity index (χ0v) is 19.9. The summed E-state index contributed by atoms with van der Waals surface area (Å²) in [6.45, 7) is 2.12. The molecule has 3 aliphatic carbocycles. The fourth-order valence-corrected chi connectivity index (χ4v) is 6.13. The van der Waals surface area contributed by atoms with Gasteiger partial charge in [-0.2, -0.15) is 0 Å². The quantitative estimate of drug-likeness (QED) is 0.527. The Kier molecular flexibility index (Phi) is 6.50. The van der Waals surface area contributed by atoms with E-state index >= 15 is 0 Å². The van der Waals surface area contributed by atoms with Crippen molar-refractivity contribution in [2.75, 3.05) is 6.61 Å². The Morgan fingerprint density at radius 3 is 2.31 bits per heavy atom. The number of hydrogen-bond donors (Lipinski definition) is 3. The first-order chi connectivity index (χ1) is 16.9. The van der Waals surface area contributed by atoms with Crippen LogP contribution in [0.2, 0.25) is 0 Å². The van der Waals surface area contributed by atoms with Crippen molar-refractivity contribution in [3.05, 3.63) is 59.7 Å². The smallest absolute Gasteiger partial charge is 0.407 e. The summed E-state index contributed by atoms with van der Waals surface area (Å²) in [4.78, 5) is 36.1. The van der Waals surface area contributed by atoms with Gasteiger partial charge in [-0.15, -0.1) is 0 Å². The van der Waals surface area contributed by atoms with Gasteiger partial charge in [0.25, 0.3) is 0 Å². The molecule has 0 aliphatic heterocycles. The molecule has 7 heteroatoms. The first kappa shape index (κ1) is 23.4. The normalized spacial score (nSPS) is 24.9. The lowest BCUT2D eigenvalue weighted by Gasteiger charge is -2.40. The van der Waals surface area contributed by atoms with E-state index in [0.29, 0.717) is 25.2 Å². The van der Waals surface area contributed by atoms with Crippen molar-refractivity contribution in [2.24, 2.45) is 17.8 Å². The highest BCUT2D eigenvalue weighted by Gasteiger charge is 2.49. The molecule has 2 aromatic rings. The van der Waals surface area contributed by atoms with Gasteiger partial charge in [-0.3, -0.25) is 9.59 Å². The number of amides is 2. The third kappa shape index (κ3) is 4.77. The summed E-state index contributed by atoms with van der Waals surface area (Å²) in [7, 11) is 0. The Balaban J connectivity index is 1.05. The van der Waals surface area contributed by atoms with Crippen LogP contribution < -0.4 is 10.6 Å². The van der Waals surface area contributed by atoms with Gasteiger partial charge in [0.2, 0.25) is 5.91 Å². The van der Waals surface area contributed by atoms with Crippen LogP contribution in [0.3, 0.4) is 0 Å². The summed E-state index contributed by atoms with van der Waals surface area (Å²) < 4.78 is 5.59. The summed E-state index contributed by atoms with van der Waals surface area (Å²) in [5.74, 6) is -0.316. The van der Waals surface area contributed by atoms with Crippen molar-refractivity contribution in [1.29, 1.82) is 0 Å². The molecule has 5 atom stereocenters. The lowest BCUT2D eigenvalue weighted by atomic mass is 9.71. The SMILES string of the molecule is CC(CCC(=O)N[C@H]1C[C@H]2CC(C(=O)O)C[C@H]21)NC(=O)OCC1c2ccccc2-c2ccccc21. The van der Waals surface area contributed by atoms with Crippen LogP contribution in [0, 0.1) is 17.8 Å². The third-order valence-electron chi connectivity index (χ3n) is 8.03. The van der Waals surface area contributed by atoms with Crippen LogP contribution in [0.5, 0.6) is 0 Å². The lowest BCUT2D eigenvalue weighted by Crippen LogP contribution is -2.50. The highest BCUT2D eigenvalue weighted by molar-refractivity contribution is 5.79. The average Bonchev–Trinajstić information content (AvgIpc) is 3.35. The van der Waals surface area contributed by atoms with Crippen molar-refractivity contribution < 1.29 is 24.2 Å². The molecule has 0 aromatic heterocycles. The fraction of sp³-hybridized carbons (Fsp3) is 0.464. The molecule has 184 valence electrons. The van der Waals surface area contributed by atoms with Crippen molar-refractivity contribution >= 4 is 18.0 Å². The number of carboxylic acid groups (broad SMARTS) is 1. The molecule has 0 bridgehead atoms. The molecule has 0 heterocycles. The maximum absolute atomic E-state index is 12.4. The molecule has 2 saturated carbocycles. The van der Waals surface area contributed by atoms with E-state index < -0.39 is 12.1 Å². The van der Waals surface area contributed by atoms with Gasteiger partial charge in [-0.05, 0) is 66.7 Å². The summed E-state index contributed by atoms with van der Waals surface area (Å²) in [5, 5.41) is 15.1. The number of alkyl carbamates (subject to hydrolysis) is 1. The second-order valence-corrected chi connectivity index (χ2v) is 10.2. The zero-order valence-electron chi connectivity index (χ0n) is 19.9. The number of rotatable bonds is 8. The molecule has 7 nitrogen and oxygen atoms in total. The first-order valence-electron chi connectivity index (χ1n) is 12.5. The number of carbonyl (C=O) groups is 3. The van der Waals surface area contributed by atoms with Gasteiger partial charge < -0.3 is 20.5 Å². The fourth-order valence-electron chi connectivity index (χ4n) is 6.13. The minimum atomic E-state index is -0.724. The number of benzene rings is 2. The van der Waals surface area contributed by atoms with Crippen LogP contribution in [-0.4, -0.2) is 41.8 Å². The Hall–Kier alpha value is -3.35. The van der Waals surface area contributed by atoms with Gasteiger partial charge in [-0.1, -0.05) is 48.5 Å². The van der Waals surface area contributed by atoms with Crippen LogP contribution in [0.15, 0.2) is 48.5 Å². The number of ether oxygens (including phenoxy) is 1. The van der Waals surface area contributed by atoms with E-state index in [1.165, 1.54) is 22.3 Å². The topological polar surface area (TPSA) is 105 Å². The summed E-state index contributed by atoms with van der Waals surface area (Å²) >= 11 is 0. The van der Waals surface area contributed by atoms with Crippen LogP contribution in [0.25, 0.3) is 11.1 Å². The predicted molar refractivity (Wildman–Crippen MR) is 131 cm³/mol. The molecule has 0 radical (unpaired) electrons. The minimum absolute atomic E-state index is 0.0110. The second kappa shape index (κ2) is 9.72. The van der Waals surface area contributed by atoms with Gasteiger partial charge in [-0.25, -0.2) is 4.79 Å². The average molecular weight is 477 g/mol. The monoisotopic (exact) mass is 476 g/mol. The van der Waals surface area contributed by atoms with Crippen molar-refractivity contribution in [3.8, 4) is 11.1 Å². The Morgan fingerprint density at radius 2 is 1.66 bits per heavy atom. The summed E-state index contributed by atoms with van der Waals surface area (Å²) in [6.07, 6.45) is 2.59. The molecule has 2 unspecified atom stereocenters. The van der Waals surface area contributed by atoms with Gasteiger partial charge in [0, 0.05) is 24.4 Å². The van der Waals surface area contributed by atoms with Gasteiger partial charge in [0.15, 0.2) is 0 Å². The highest BCUT2D eigenvalue weighted by Crippen LogP contribution is 2.49. The van der Waals surface area contributed by atoms with E-state index in [-0.39, 0.29) is 42.4 Å². The van der Waals surface area contributed by atoms with E-state index in [9.17, 15) is 19.5 Å². The molecule has 3 aliphatic rings. The van der Waals surface area contributed by atoms with Gasteiger partial charge >= 0.3 is 12.1 Å². The van der Waals surface area contributed by atoms with E-state index in [1.807, 2.05) is 31.2 Å². The van der Waals surface area contributed by atoms with Gasteiger partial charge in [0.1, 0.15) is 6.61 Å². The number of hydrogen-bond acceptors (Lipinski definition) is 4. The standard InChI is InChI=1S/C28H32N2O5/c1-16(10-11-26(31)30-25-14-17-12-18(27(32)33)13-23(17)25)29-28(34)35-15-24-21-8-4-2-6-19(21)20-7-3-5-9-22(20)24/h2-9,16-18,23-25H,10-15H2,1H3,(H,29,34)(H,30,31)(H,32,33)/t16?,17-,18?,23-,25+/m1/s1. The number of nitrogens with one attached hydrogen (secondary N) is 2. The van der Waals surface area contributed by atoms with E-state index in [1.54, 1.807) is 0 Å². The predicted octanol–water partition coefficient (Wildman–Crippen LogP) is 4.31. The Labute approximate surface area is 205 Å². The molecule has 35 heavy (non-hydrogen) atoms. The summed E-state index contributed by atoms with van der Waals surface area (Å²) in [5.41, 5.74) is 4.71. The first-order valence-corrected chi connectivity index (χ1v) is 12.5. The van der Waals surface area contributed by atoms with Crippen molar-refractivity contribution in [2.45, 2.75) is 57.0 Å². The second-order valence-electron chi connectivity index (χ2n) is 10.2. The summed E-state index contributed by atoms with van der Waals surface area (Å²) in [6, 6.07) is 16.3.